The topological polar surface area (TPSA) is 75.4 Å². The maximum atomic E-state index is 12.0. The van der Waals surface area contributed by atoms with Crippen LogP contribution in [0.4, 0.5) is 0 Å². The summed E-state index contributed by atoms with van der Waals surface area (Å²) in [6, 6.07) is 0.0248. The van der Waals surface area contributed by atoms with Gasteiger partial charge < -0.3 is 5.73 Å². The number of hydrogen-bond acceptors (Lipinski definition) is 4. The van der Waals surface area contributed by atoms with Crippen molar-refractivity contribution >= 4 is 27.2 Å². The standard InChI is InChI=1S/C11H23N3O2S2/c1-11(2,3)18(15,16)13-9-4-6-14(7-5-9)8-10(12)17/h9,13H,4-8H2,1-3H3,(H2,12,17). The first kappa shape index (κ1) is 15.8. The highest BCUT2D eigenvalue weighted by Crippen LogP contribution is 2.17. The minimum atomic E-state index is -3.26. The molecule has 0 aromatic heterocycles. The van der Waals surface area contributed by atoms with Crippen molar-refractivity contribution in [1.82, 2.24) is 9.62 Å². The third-order valence-corrected chi connectivity index (χ3v) is 5.48. The molecule has 1 rings (SSSR count). The van der Waals surface area contributed by atoms with E-state index in [1.807, 2.05) is 0 Å². The van der Waals surface area contributed by atoms with Crippen LogP contribution in [-0.2, 0) is 10.0 Å². The Morgan fingerprint density at radius 3 is 2.28 bits per heavy atom. The van der Waals surface area contributed by atoms with Crippen LogP contribution < -0.4 is 10.5 Å². The van der Waals surface area contributed by atoms with E-state index in [2.05, 4.69) is 9.62 Å². The van der Waals surface area contributed by atoms with Crippen molar-refractivity contribution in [2.24, 2.45) is 5.73 Å². The van der Waals surface area contributed by atoms with Crippen LogP contribution in [0, 0.1) is 0 Å². The van der Waals surface area contributed by atoms with Crippen LogP contribution in [0.15, 0.2) is 0 Å². The Hall–Kier alpha value is -0.240. The lowest BCUT2D eigenvalue weighted by Gasteiger charge is -2.33. The maximum absolute atomic E-state index is 12.0. The number of likely N-dealkylation sites (tertiary alicyclic amines) is 1. The molecule has 0 bridgehead atoms. The number of nitrogens with two attached hydrogens (primary N) is 1. The predicted octanol–water partition coefficient (Wildman–Crippen LogP) is 0.455. The molecule has 0 amide bonds. The van der Waals surface area contributed by atoms with Crippen LogP contribution in [0.3, 0.4) is 0 Å². The molecule has 0 aliphatic carbocycles. The van der Waals surface area contributed by atoms with E-state index < -0.39 is 14.8 Å². The Kier molecular flexibility index (Phi) is 5.11. The van der Waals surface area contributed by atoms with Gasteiger partial charge >= 0.3 is 0 Å². The summed E-state index contributed by atoms with van der Waals surface area (Å²) >= 11 is 4.87. The number of thiocarbonyl (C=S) groups is 1. The van der Waals surface area contributed by atoms with E-state index in [-0.39, 0.29) is 6.04 Å². The summed E-state index contributed by atoms with van der Waals surface area (Å²) < 4.78 is 26.1. The zero-order valence-corrected chi connectivity index (χ0v) is 12.9. The van der Waals surface area contributed by atoms with Crippen LogP contribution in [0.25, 0.3) is 0 Å². The predicted molar refractivity (Wildman–Crippen MR) is 78.1 cm³/mol. The Morgan fingerprint density at radius 1 is 1.39 bits per heavy atom. The number of sulfonamides is 1. The van der Waals surface area contributed by atoms with E-state index >= 15 is 0 Å². The minimum absolute atomic E-state index is 0.0248. The van der Waals surface area contributed by atoms with E-state index in [1.165, 1.54) is 0 Å². The van der Waals surface area contributed by atoms with Gasteiger partial charge in [0.05, 0.1) is 9.74 Å². The van der Waals surface area contributed by atoms with Gasteiger partial charge in [0.1, 0.15) is 0 Å². The molecule has 0 radical (unpaired) electrons. The van der Waals surface area contributed by atoms with Gasteiger partial charge in [-0.1, -0.05) is 12.2 Å². The fraction of sp³-hybridized carbons (Fsp3) is 0.909. The molecule has 0 aromatic carbocycles. The number of rotatable bonds is 4. The highest BCUT2D eigenvalue weighted by molar-refractivity contribution is 7.90. The SMILES string of the molecule is CC(C)(C)S(=O)(=O)NC1CCN(CC(N)=S)CC1. The highest BCUT2D eigenvalue weighted by atomic mass is 32.2. The zero-order valence-electron chi connectivity index (χ0n) is 11.3. The van der Waals surface area contributed by atoms with Crippen LogP contribution in [0.1, 0.15) is 33.6 Å². The molecule has 1 saturated heterocycles. The lowest BCUT2D eigenvalue weighted by Crippen LogP contribution is -2.50. The van der Waals surface area contributed by atoms with E-state index in [1.54, 1.807) is 20.8 Å². The summed E-state index contributed by atoms with van der Waals surface area (Å²) in [4.78, 5) is 2.65. The first-order chi connectivity index (χ1) is 8.12. The Labute approximate surface area is 115 Å². The third kappa shape index (κ3) is 4.46. The second-order valence-corrected chi connectivity index (χ2v) is 8.74. The smallest absolute Gasteiger partial charge is 0.216 e. The summed E-state index contributed by atoms with van der Waals surface area (Å²) in [5.74, 6) is 0. The largest absolute Gasteiger partial charge is 0.392 e. The number of nitrogens with one attached hydrogen (secondary N) is 1. The van der Waals surface area contributed by atoms with Crippen molar-refractivity contribution in [2.45, 2.75) is 44.4 Å². The minimum Gasteiger partial charge on any atom is -0.392 e. The lowest BCUT2D eigenvalue weighted by molar-refractivity contribution is 0.232. The molecule has 0 spiro atoms. The summed E-state index contributed by atoms with van der Waals surface area (Å²) in [5.41, 5.74) is 5.50. The van der Waals surface area contributed by atoms with Gasteiger partial charge in [-0.15, -0.1) is 0 Å². The molecule has 0 unspecified atom stereocenters. The first-order valence-corrected chi connectivity index (χ1v) is 8.03. The van der Waals surface area contributed by atoms with Crippen molar-refractivity contribution in [2.75, 3.05) is 19.6 Å². The van der Waals surface area contributed by atoms with Crippen LogP contribution >= 0.6 is 12.2 Å². The molecular formula is C11H23N3O2S2. The van der Waals surface area contributed by atoms with Gasteiger partial charge in [-0.2, -0.15) is 0 Å². The zero-order chi connectivity index (χ0) is 14.0. The van der Waals surface area contributed by atoms with E-state index in [0.29, 0.717) is 11.5 Å². The quantitative estimate of drug-likeness (QED) is 0.736. The average Bonchev–Trinajstić information content (AvgIpc) is 2.18. The van der Waals surface area contributed by atoms with Crippen molar-refractivity contribution in [3.05, 3.63) is 0 Å². The molecule has 5 nitrogen and oxygen atoms in total. The van der Waals surface area contributed by atoms with Gasteiger partial charge in [-0.3, -0.25) is 4.90 Å². The molecule has 1 aliphatic heterocycles. The second-order valence-electron chi connectivity index (χ2n) is 5.75. The first-order valence-electron chi connectivity index (χ1n) is 6.14. The average molecular weight is 293 g/mol. The third-order valence-electron chi connectivity index (χ3n) is 3.10. The monoisotopic (exact) mass is 293 g/mol. The van der Waals surface area contributed by atoms with Crippen LogP contribution in [0.2, 0.25) is 0 Å². The second kappa shape index (κ2) is 5.81. The van der Waals surface area contributed by atoms with E-state index in [4.69, 9.17) is 18.0 Å². The highest BCUT2D eigenvalue weighted by Gasteiger charge is 2.32. The lowest BCUT2D eigenvalue weighted by atomic mass is 10.1. The maximum Gasteiger partial charge on any atom is 0.216 e. The Bertz CT molecular complexity index is 393. The van der Waals surface area contributed by atoms with Gasteiger partial charge in [0.25, 0.3) is 0 Å². The summed E-state index contributed by atoms with van der Waals surface area (Å²) in [5, 5.41) is 0. The number of hydrogen-bond donors (Lipinski definition) is 2. The molecule has 18 heavy (non-hydrogen) atoms. The summed E-state index contributed by atoms with van der Waals surface area (Å²) in [6.45, 7) is 7.39. The van der Waals surface area contributed by atoms with E-state index in [9.17, 15) is 8.42 Å². The molecule has 0 saturated carbocycles. The van der Waals surface area contributed by atoms with Crippen molar-refractivity contribution in [3.8, 4) is 0 Å². The normalized spacial score (nSPS) is 19.9. The molecule has 1 aliphatic rings. The van der Waals surface area contributed by atoms with Gasteiger partial charge in [-0.25, -0.2) is 13.1 Å². The molecule has 0 aromatic rings. The molecule has 7 heteroatoms. The van der Waals surface area contributed by atoms with Gasteiger partial charge in [0.2, 0.25) is 10.0 Å². The fourth-order valence-electron chi connectivity index (χ4n) is 1.83. The Balaban J connectivity index is 2.48. The summed E-state index contributed by atoms with van der Waals surface area (Å²) in [7, 11) is -3.26. The van der Waals surface area contributed by atoms with Crippen LogP contribution in [-0.4, -0.2) is 48.7 Å². The van der Waals surface area contributed by atoms with Crippen LogP contribution in [0.5, 0.6) is 0 Å². The fourth-order valence-corrected chi connectivity index (χ4v) is 3.04. The Morgan fingerprint density at radius 2 is 1.89 bits per heavy atom. The molecule has 0 atom stereocenters. The number of piperidine rings is 1. The molecule has 1 fully saturated rings. The molecule has 3 N–H and O–H groups in total. The number of nitrogens with zero attached hydrogens (tertiary/aromatic N) is 1. The molecular weight excluding hydrogens is 270 g/mol. The summed E-state index contributed by atoms with van der Waals surface area (Å²) in [6.07, 6.45) is 1.61. The molecule has 1 heterocycles. The van der Waals surface area contributed by atoms with Crippen molar-refractivity contribution in [1.29, 1.82) is 0 Å². The van der Waals surface area contributed by atoms with Crippen molar-refractivity contribution in [3.63, 3.8) is 0 Å². The molecule has 106 valence electrons. The van der Waals surface area contributed by atoms with Crippen molar-refractivity contribution < 1.29 is 8.42 Å². The van der Waals surface area contributed by atoms with Gasteiger partial charge in [-0.05, 0) is 33.6 Å². The van der Waals surface area contributed by atoms with Gasteiger partial charge in [0.15, 0.2) is 0 Å². The van der Waals surface area contributed by atoms with Gasteiger partial charge in [0, 0.05) is 25.7 Å². The van der Waals surface area contributed by atoms with E-state index in [0.717, 1.165) is 25.9 Å².